The minimum atomic E-state index is -0.512. The highest BCUT2D eigenvalue weighted by Crippen LogP contribution is 2.14. The van der Waals surface area contributed by atoms with Crippen LogP contribution in [0.2, 0.25) is 0 Å². The zero-order valence-electron chi connectivity index (χ0n) is 34.0. The molecule has 0 saturated carbocycles. The highest BCUT2D eigenvalue weighted by atomic mass is 16.6. The Bertz CT molecular complexity index is 975. The summed E-state index contributed by atoms with van der Waals surface area (Å²) < 4.78 is 11.4. The predicted octanol–water partition coefficient (Wildman–Crippen LogP) is 14.4. The van der Waals surface area contributed by atoms with Crippen LogP contribution in [0.4, 0.5) is 5.69 Å². The average molecular weight is 724 g/mol. The Hall–Kier alpha value is -2.56. The summed E-state index contributed by atoms with van der Waals surface area (Å²) in [6.45, 7) is 5.03. The normalized spacial score (nSPS) is 12.1. The van der Waals surface area contributed by atoms with Gasteiger partial charge in [0.15, 0.2) is 6.10 Å². The van der Waals surface area contributed by atoms with Gasteiger partial charge in [-0.25, -0.2) is 0 Å². The molecule has 0 aliphatic heterocycles. The van der Waals surface area contributed by atoms with Crippen LogP contribution in [-0.2, 0) is 19.1 Å². The van der Waals surface area contributed by atoms with Crippen molar-refractivity contribution in [2.45, 2.75) is 213 Å². The van der Waals surface area contributed by atoms with Crippen LogP contribution in [0.1, 0.15) is 206 Å². The summed E-state index contributed by atoms with van der Waals surface area (Å²) >= 11 is 0. The molecule has 1 aromatic carbocycles. The lowest BCUT2D eigenvalue weighted by Crippen LogP contribution is -2.31. The summed E-state index contributed by atoms with van der Waals surface area (Å²) in [7, 11) is 0. The maximum atomic E-state index is 12.7. The smallest absolute Gasteiger partial charge is 0.306 e. The second-order valence-electron chi connectivity index (χ2n) is 14.9. The SMILES string of the molecule is CCCCCCCCC=CCCCCCCCC(=O)OCC(CNc1ccccc1)OC(=O)CCCCCCC=CCCCCCCCCCCC. The molecule has 0 bridgehead atoms. The monoisotopic (exact) mass is 724 g/mol. The molecule has 0 aromatic heterocycles. The van der Waals surface area contributed by atoms with Crippen LogP contribution in [-0.4, -0.2) is 31.2 Å². The van der Waals surface area contributed by atoms with Gasteiger partial charge in [-0.05, 0) is 76.3 Å². The van der Waals surface area contributed by atoms with E-state index in [1.807, 2.05) is 30.3 Å². The molecular weight excluding hydrogens is 643 g/mol. The second-order valence-corrected chi connectivity index (χ2v) is 14.9. The third-order valence-electron chi connectivity index (χ3n) is 9.82. The van der Waals surface area contributed by atoms with Gasteiger partial charge >= 0.3 is 11.9 Å². The van der Waals surface area contributed by atoms with E-state index in [4.69, 9.17) is 9.47 Å². The van der Waals surface area contributed by atoms with Gasteiger partial charge in [-0.3, -0.25) is 9.59 Å². The largest absolute Gasteiger partial charge is 0.462 e. The molecule has 1 aromatic rings. The van der Waals surface area contributed by atoms with Gasteiger partial charge in [0.05, 0.1) is 6.54 Å². The van der Waals surface area contributed by atoms with Crippen molar-refractivity contribution in [2.24, 2.45) is 0 Å². The van der Waals surface area contributed by atoms with Gasteiger partial charge in [0.1, 0.15) is 6.61 Å². The molecule has 0 radical (unpaired) electrons. The number of hydrogen-bond donors (Lipinski definition) is 1. The van der Waals surface area contributed by atoms with Crippen molar-refractivity contribution >= 4 is 17.6 Å². The van der Waals surface area contributed by atoms with Crippen molar-refractivity contribution in [3.05, 3.63) is 54.6 Å². The van der Waals surface area contributed by atoms with E-state index in [-0.39, 0.29) is 18.5 Å². The van der Waals surface area contributed by atoms with Crippen LogP contribution in [0.25, 0.3) is 0 Å². The first-order valence-electron chi connectivity index (χ1n) is 22.1. The number of para-hydroxylation sites is 1. The molecule has 0 aliphatic rings. The highest BCUT2D eigenvalue weighted by molar-refractivity contribution is 5.70. The molecule has 5 heteroatoms. The molecule has 1 rings (SSSR count). The van der Waals surface area contributed by atoms with Gasteiger partial charge < -0.3 is 14.8 Å². The second kappa shape index (κ2) is 38.2. The molecule has 0 fully saturated rings. The zero-order valence-corrected chi connectivity index (χ0v) is 34.0. The first-order valence-corrected chi connectivity index (χ1v) is 22.1. The number of benzene rings is 1. The molecule has 0 aliphatic carbocycles. The summed E-state index contributed by atoms with van der Waals surface area (Å²) in [5.74, 6) is -0.422. The first-order chi connectivity index (χ1) is 25.7. The number of hydrogen-bond acceptors (Lipinski definition) is 5. The molecule has 1 unspecified atom stereocenters. The van der Waals surface area contributed by atoms with Crippen molar-refractivity contribution in [1.29, 1.82) is 0 Å². The molecule has 5 nitrogen and oxygen atoms in total. The van der Waals surface area contributed by atoms with Gasteiger partial charge in [-0.15, -0.1) is 0 Å². The topological polar surface area (TPSA) is 64.6 Å². The van der Waals surface area contributed by atoms with Crippen molar-refractivity contribution in [2.75, 3.05) is 18.5 Å². The van der Waals surface area contributed by atoms with E-state index in [2.05, 4.69) is 43.5 Å². The maximum Gasteiger partial charge on any atom is 0.306 e. The molecule has 298 valence electrons. The standard InChI is InChI=1S/C47H81NO4/c1-3-5-7-9-11-13-15-17-19-20-22-24-26-28-30-32-37-41-47(50)52-45(42-48-44-38-34-33-35-39-44)43-51-46(49)40-36-31-29-27-25-23-21-18-16-14-12-10-8-6-4-2/h18,21-22,24,33-35,38-39,45,48H,3-17,19-20,23,25-32,36-37,40-43H2,1-2H3. The highest BCUT2D eigenvalue weighted by Gasteiger charge is 2.17. The number of carbonyl (C=O) groups is 2. The van der Waals surface area contributed by atoms with Crippen LogP contribution in [0.5, 0.6) is 0 Å². The van der Waals surface area contributed by atoms with E-state index in [0.29, 0.717) is 19.4 Å². The van der Waals surface area contributed by atoms with E-state index in [1.165, 1.54) is 128 Å². The number of unbranched alkanes of at least 4 members (excludes halogenated alkanes) is 24. The molecular formula is C47H81NO4. The Labute approximate surface area is 321 Å². The Morgan fingerprint density at radius 2 is 0.904 bits per heavy atom. The summed E-state index contributed by atoms with van der Waals surface area (Å²) in [5.41, 5.74) is 0.949. The van der Waals surface area contributed by atoms with Crippen LogP contribution < -0.4 is 5.32 Å². The number of nitrogens with one attached hydrogen (secondary N) is 1. The lowest BCUT2D eigenvalue weighted by molar-refractivity contribution is -0.158. The average Bonchev–Trinajstić information content (AvgIpc) is 3.16. The van der Waals surface area contributed by atoms with Crippen molar-refractivity contribution in [3.63, 3.8) is 0 Å². The minimum Gasteiger partial charge on any atom is -0.462 e. The fraction of sp³-hybridized carbons (Fsp3) is 0.745. The van der Waals surface area contributed by atoms with Gasteiger partial charge in [0.25, 0.3) is 0 Å². The fourth-order valence-corrected chi connectivity index (χ4v) is 6.46. The van der Waals surface area contributed by atoms with Crippen molar-refractivity contribution < 1.29 is 19.1 Å². The van der Waals surface area contributed by atoms with Crippen LogP contribution in [0.3, 0.4) is 0 Å². The number of rotatable bonds is 38. The van der Waals surface area contributed by atoms with Crippen molar-refractivity contribution in [1.82, 2.24) is 0 Å². The Balaban J connectivity index is 2.14. The third-order valence-corrected chi connectivity index (χ3v) is 9.82. The Morgan fingerprint density at radius 3 is 1.35 bits per heavy atom. The zero-order chi connectivity index (χ0) is 37.4. The third kappa shape index (κ3) is 33.3. The Morgan fingerprint density at radius 1 is 0.519 bits per heavy atom. The molecule has 0 heterocycles. The van der Waals surface area contributed by atoms with E-state index < -0.39 is 6.10 Å². The summed E-state index contributed by atoms with van der Waals surface area (Å²) in [6.07, 6.45) is 44.6. The van der Waals surface area contributed by atoms with E-state index in [9.17, 15) is 9.59 Å². The van der Waals surface area contributed by atoms with Crippen LogP contribution in [0, 0.1) is 0 Å². The van der Waals surface area contributed by atoms with Gasteiger partial charge in [0.2, 0.25) is 0 Å². The quantitative estimate of drug-likeness (QED) is 0.0418. The van der Waals surface area contributed by atoms with E-state index in [1.54, 1.807) is 0 Å². The lowest BCUT2D eigenvalue weighted by Gasteiger charge is -2.19. The molecule has 0 spiro atoms. The molecule has 0 amide bonds. The summed E-state index contributed by atoms with van der Waals surface area (Å²) in [4.78, 5) is 25.2. The summed E-state index contributed by atoms with van der Waals surface area (Å²) in [6, 6.07) is 9.85. The Kier molecular flexibility index (Phi) is 34.8. The minimum absolute atomic E-state index is 0.0842. The molecule has 0 saturated heterocycles. The van der Waals surface area contributed by atoms with Gasteiger partial charge in [-0.2, -0.15) is 0 Å². The summed E-state index contributed by atoms with van der Waals surface area (Å²) in [5, 5.41) is 3.32. The predicted molar refractivity (Wildman–Crippen MR) is 224 cm³/mol. The number of anilines is 1. The van der Waals surface area contributed by atoms with Gasteiger partial charge in [0, 0.05) is 18.5 Å². The number of allylic oxidation sites excluding steroid dienone is 4. The molecule has 1 N–H and O–H groups in total. The first kappa shape index (κ1) is 47.5. The van der Waals surface area contributed by atoms with E-state index >= 15 is 0 Å². The fourth-order valence-electron chi connectivity index (χ4n) is 6.46. The van der Waals surface area contributed by atoms with Crippen molar-refractivity contribution in [3.8, 4) is 0 Å². The maximum absolute atomic E-state index is 12.7. The van der Waals surface area contributed by atoms with E-state index in [0.717, 1.165) is 57.1 Å². The lowest BCUT2D eigenvalue weighted by atomic mass is 10.1. The number of ether oxygens (including phenoxy) is 2. The molecule has 52 heavy (non-hydrogen) atoms. The number of carbonyl (C=O) groups excluding carboxylic acids is 2. The van der Waals surface area contributed by atoms with Crippen LogP contribution in [0.15, 0.2) is 54.6 Å². The molecule has 1 atom stereocenters. The van der Waals surface area contributed by atoms with Crippen LogP contribution >= 0.6 is 0 Å². The number of esters is 2. The van der Waals surface area contributed by atoms with Gasteiger partial charge in [-0.1, -0.05) is 172 Å².